The summed E-state index contributed by atoms with van der Waals surface area (Å²) in [6.45, 7) is 0. The zero-order valence-electron chi connectivity index (χ0n) is 7.10. The Bertz CT molecular complexity index is 264. The van der Waals surface area contributed by atoms with Crippen LogP contribution in [0.5, 0.6) is 0 Å². The van der Waals surface area contributed by atoms with Crippen molar-refractivity contribution < 1.29 is 4.79 Å². The van der Waals surface area contributed by atoms with E-state index in [0.717, 1.165) is 6.42 Å². The third-order valence-corrected chi connectivity index (χ3v) is 4.09. The molecule has 0 heterocycles. The maximum Gasteiger partial charge on any atom is 0.202 e. The van der Waals surface area contributed by atoms with Crippen molar-refractivity contribution in [2.75, 3.05) is 0 Å². The summed E-state index contributed by atoms with van der Waals surface area (Å²) >= 11 is 0. The summed E-state index contributed by atoms with van der Waals surface area (Å²) in [6, 6.07) is 0.635. The van der Waals surface area contributed by atoms with Crippen LogP contribution in [-0.4, -0.2) is 15.3 Å². The molecule has 0 saturated carbocycles. The van der Waals surface area contributed by atoms with Gasteiger partial charge in [0.05, 0.1) is 0 Å². The Hall–Kier alpha value is -0.993. The van der Waals surface area contributed by atoms with Crippen molar-refractivity contribution in [3.8, 4) is 24.2 Å². The van der Waals surface area contributed by atoms with Crippen LogP contribution in [0.4, 0.5) is 0 Å². The van der Waals surface area contributed by atoms with Crippen LogP contribution in [0, 0.1) is 24.2 Å². The topological polar surface area (TPSA) is 17.1 Å². The largest absolute Gasteiger partial charge is 0.285 e. The molecule has 0 radical (unpaired) electrons. The molecule has 0 spiro atoms. The van der Waals surface area contributed by atoms with Gasteiger partial charge in [-0.2, -0.15) is 0 Å². The van der Waals surface area contributed by atoms with Crippen LogP contribution in [0.2, 0.25) is 11.6 Å². The zero-order chi connectivity index (χ0) is 8.81. The van der Waals surface area contributed by atoms with E-state index in [1.165, 1.54) is 12.8 Å². The van der Waals surface area contributed by atoms with E-state index in [2.05, 4.69) is 17.8 Å². The minimum atomic E-state index is -0.359. The van der Waals surface area contributed by atoms with Gasteiger partial charge in [0.1, 0.15) is 0 Å². The van der Waals surface area contributed by atoms with Crippen LogP contribution in [0.3, 0.4) is 0 Å². The fourth-order valence-electron chi connectivity index (χ4n) is 1.32. The molecule has 1 unspecified atom stereocenters. The summed E-state index contributed by atoms with van der Waals surface area (Å²) in [5.74, 6) is 8.41. The summed E-state index contributed by atoms with van der Waals surface area (Å²) < 4.78 is 0. The van der Waals surface area contributed by atoms with E-state index in [0.29, 0.717) is 11.6 Å². The molecule has 1 rings (SSSR count). The molecule has 0 fully saturated rings. The third kappa shape index (κ3) is 2.94. The molecule has 1 aliphatic carbocycles. The molecule has 0 aliphatic heterocycles. The standard InChI is InChI=1S/C10H12OSi/c1-2-9(11)8-12-10-6-4-3-5-7-10/h1,10H,3-4,6,8,12H2. The lowest BCUT2D eigenvalue weighted by Crippen LogP contribution is -2.08. The van der Waals surface area contributed by atoms with Crippen LogP contribution >= 0.6 is 0 Å². The Morgan fingerprint density at radius 1 is 1.75 bits per heavy atom. The number of Topliss-reactive ketones (excluding diaryl/α,β-unsaturated/α-hetero) is 1. The molecule has 0 aromatic heterocycles. The second-order valence-electron chi connectivity index (χ2n) is 3.02. The van der Waals surface area contributed by atoms with E-state index in [-0.39, 0.29) is 15.3 Å². The number of ketones is 1. The lowest BCUT2D eigenvalue weighted by atomic mass is 10.1. The summed E-state index contributed by atoms with van der Waals surface area (Å²) in [6.07, 6.45) is 8.40. The Morgan fingerprint density at radius 3 is 3.17 bits per heavy atom. The van der Waals surface area contributed by atoms with E-state index < -0.39 is 0 Å². The van der Waals surface area contributed by atoms with Gasteiger partial charge in [-0.25, -0.2) is 0 Å². The minimum absolute atomic E-state index is 0.0333. The Morgan fingerprint density at radius 2 is 2.58 bits per heavy atom. The van der Waals surface area contributed by atoms with Gasteiger partial charge in [-0.05, 0) is 18.8 Å². The van der Waals surface area contributed by atoms with Crippen LogP contribution in [-0.2, 0) is 4.79 Å². The van der Waals surface area contributed by atoms with Gasteiger partial charge < -0.3 is 0 Å². The first-order valence-electron chi connectivity index (χ1n) is 4.31. The average molecular weight is 176 g/mol. The number of hydrogen-bond acceptors (Lipinski definition) is 1. The highest BCUT2D eigenvalue weighted by Gasteiger charge is 2.10. The molecule has 0 N–H and O–H groups in total. The molecule has 0 amide bonds. The first kappa shape index (κ1) is 9.10. The number of rotatable bonds is 3. The molecule has 0 aromatic rings. The molecule has 1 atom stereocenters. The molecule has 12 heavy (non-hydrogen) atoms. The minimum Gasteiger partial charge on any atom is -0.285 e. The summed E-state index contributed by atoms with van der Waals surface area (Å²) in [5.41, 5.74) is 0.552. The Labute approximate surface area is 75.8 Å². The van der Waals surface area contributed by atoms with Gasteiger partial charge in [-0.3, -0.25) is 4.79 Å². The van der Waals surface area contributed by atoms with Crippen molar-refractivity contribution >= 4 is 15.3 Å². The molecule has 1 nitrogen and oxygen atoms in total. The maximum absolute atomic E-state index is 10.8. The molecule has 0 saturated heterocycles. The molecule has 62 valence electrons. The summed E-state index contributed by atoms with van der Waals surface area (Å²) in [4.78, 5) is 10.8. The van der Waals surface area contributed by atoms with Crippen LogP contribution < -0.4 is 0 Å². The van der Waals surface area contributed by atoms with E-state index in [1.54, 1.807) is 0 Å². The molecule has 0 bridgehead atoms. The first-order valence-corrected chi connectivity index (χ1v) is 6.12. The number of carbonyl (C=O) groups excluding carboxylic acids is 1. The predicted octanol–water partition coefficient (Wildman–Crippen LogP) is 0.752. The van der Waals surface area contributed by atoms with Crippen molar-refractivity contribution in [1.29, 1.82) is 0 Å². The van der Waals surface area contributed by atoms with E-state index >= 15 is 0 Å². The summed E-state index contributed by atoms with van der Waals surface area (Å²) in [5, 5.41) is 0. The molecular formula is C10H12OSi. The van der Waals surface area contributed by atoms with Gasteiger partial charge in [-0.1, -0.05) is 0 Å². The highest BCUT2D eigenvalue weighted by atomic mass is 28.2. The monoisotopic (exact) mass is 176 g/mol. The lowest BCUT2D eigenvalue weighted by Gasteiger charge is -2.10. The second-order valence-corrected chi connectivity index (χ2v) is 5.08. The van der Waals surface area contributed by atoms with Crippen molar-refractivity contribution in [3.63, 3.8) is 0 Å². The van der Waals surface area contributed by atoms with E-state index in [9.17, 15) is 4.79 Å². The van der Waals surface area contributed by atoms with E-state index in [4.69, 9.17) is 6.42 Å². The smallest absolute Gasteiger partial charge is 0.202 e. The lowest BCUT2D eigenvalue weighted by molar-refractivity contribution is -0.111. The fraction of sp³-hybridized carbons (Fsp3) is 0.500. The zero-order valence-corrected chi connectivity index (χ0v) is 8.51. The normalized spacial score (nSPS) is 21.4. The van der Waals surface area contributed by atoms with Gasteiger partial charge in [0.2, 0.25) is 5.78 Å². The second kappa shape index (κ2) is 4.80. The number of carbonyl (C=O) groups is 1. The SMILES string of the molecule is C#CC(=O)C[SiH2]C1C#CCCC1. The number of terminal acetylenes is 1. The first-order chi connectivity index (χ1) is 5.83. The molecule has 1 aliphatic rings. The van der Waals surface area contributed by atoms with Crippen molar-refractivity contribution in [3.05, 3.63) is 0 Å². The third-order valence-electron chi connectivity index (χ3n) is 2.04. The molecule has 2 heteroatoms. The fourth-order valence-corrected chi connectivity index (χ4v) is 2.94. The quantitative estimate of drug-likeness (QED) is 0.352. The maximum atomic E-state index is 10.8. The summed E-state index contributed by atoms with van der Waals surface area (Å²) in [7, 11) is -0.359. The van der Waals surface area contributed by atoms with Gasteiger partial charge in [0, 0.05) is 27.5 Å². The molecule has 0 aromatic carbocycles. The van der Waals surface area contributed by atoms with Gasteiger partial charge in [0.25, 0.3) is 0 Å². The van der Waals surface area contributed by atoms with Gasteiger partial charge >= 0.3 is 0 Å². The van der Waals surface area contributed by atoms with Crippen molar-refractivity contribution in [1.82, 2.24) is 0 Å². The van der Waals surface area contributed by atoms with Crippen LogP contribution in [0.15, 0.2) is 0 Å². The van der Waals surface area contributed by atoms with Crippen LogP contribution in [0.1, 0.15) is 19.3 Å². The van der Waals surface area contributed by atoms with Crippen LogP contribution in [0.25, 0.3) is 0 Å². The molecular weight excluding hydrogens is 164 g/mol. The van der Waals surface area contributed by atoms with Crippen molar-refractivity contribution in [2.45, 2.75) is 30.8 Å². The van der Waals surface area contributed by atoms with Crippen molar-refractivity contribution in [2.24, 2.45) is 0 Å². The number of hydrogen-bond donors (Lipinski definition) is 0. The predicted molar refractivity (Wildman–Crippen MR) is 52.6 cm³/mol. The highest BCUT2D eigenvalue weighted by Crippen LogP contribution is 2.17. The Balaban J connectivity index is 2.26. The van der Waals surface area contributed by atoms with Gasteiger partial charge in [0.15, 0.2) is 0 Å². The average Bonchev–Trinajstić information content (AvgIpc) is 2.16. The van der Waals surface area contributed by atoms with Gasteiger partial charge in [-0.15, -0.1) is 18.3 Å². The highest BCUT2D eigenvalue weighted by molar-refractivity contribution is 6.45. The Kier molecular flexibility index (Phi) is 3.64. The van der Waals surface area contributed by atoms with E-state index in [1.807, 2.05) is 0 Å².